The third-order valence-electron chi connectivity index (χ3n) is 5.87. The van der Waals surface area contributed by atoms with E-state index in [1.54, 1.807) is 7.11 Å². The average molecular weight is 366 g/mol. The van der Waals surface area contributed by atoms with Gasteiger partial charge in [0.25, 0.3) is 0 Å². The van der Waals surface area contributed by atoms with E-state index in [0.717, 1.165) is 24.3 Å². The Labute approximate surface area is 160 Å². The minimum atomic E-state index is -0.644. The van der Waals surface area contributed by atoms with Gasteiger partial charge in [0, 0.05) is 25.2 Å². The summed E-state index contributed by atoms with van der Waals surface area (Å²) in [5.74, 6) is 1.52. The fraction of sp³-hybridized carbons (Fsp3) is 0.409. The number of rotatable bonds is 4. The zero-order chi connectivity index (χ0) is 18.9. The Morgan fingerprint density at radius 3 is 2.33 bits per heavy atom. The van der Waals surface area contributed by atoms with E-state index in [4.69, 9.17) is 4.74 Å². The maximum Gasteiger partial charge on any atom is 0.321 e. The van der Waals surface area contributed by atoms with E-state index in [0.29, 0.717) is 31.3 Å². The molecule has 2 aromatic carbocycles. The Hall–Kier alpha value is -2.53. The third kappa shape index (κ3) is 3.93. The number of fused-ring (bicyclic) bond motifs is 1. The molecule has 1 saturated heterocycles. The fourth-order valence-electron chi connectivity index (χ4n) is 4.62. The van der Waals surface area contributed by atoms with Crippen molar-refractivity contribution in [3.05, 3.63) is 60.2 Å². The minimum Gasteiger partial charge on any atom is -0.497 e. The van der Waals surface area contributed by atoms with Gasteiger partial charge in [0.05, 0.1) is 12.7 Å². The van der Waals surface area contributed by atoms with Gasteiger partial charge < -0.3 is 20.1 Å². The summed E-state index contributed by atoms with van der Waals surface area (Å²) in [5.41, 5.74) is 1.29. The van der Waals surface area contributed by atoms with Crippen LogP contribution < -0.4 is 10.1 Å². The number of likely N-dealkylation sites (tertiary alicyclic amines) is 1. The molecule has 2 aliphatic rings. The van der Waals surface area contributed by atoms with Crippen LogP contribution in [0.15, 0.2) is 54.6 Å². The first kappa shape index (κ1) is 17.9. The number of ether oxygens (including phenoxy) is 1. The van der Waals surface area contributed by atoms with Gasteiger partial charge in [-0.1, -0.05) is 30.3 Å². The van der Waals surface area contributed by atoms with Crippen LogP contribution in [0.4, 0.5) is 10.5 Å². The molecule has 0 bridgehead atoms. The lowest BCUT2D eigenvalue weighted by atomic mass is 9.91. The molecule has 4 rings (SSSR count). The highest BCUT2D eigenvalue weighted by atomic mass is 16.5. The van der Waals surface area contributed by atoms with E-state index in [2.05, 4.69) is 17.4 Å². The molecule has 1 aliphatic carbocycles. The van der Waals surface area contributed by atoms with Crippen LogP contribution in [-0.4, -0.2) is 41.8 Å². The first-order valence-corrected chi connectivity index (χ1v) is 9.51. The Morgan fingerprint density at radius 1 is 1.11 bits per heavy atom. The van der Waals surface area contributed by atoms with E-state index in [9.17, 15) is 9.90 Å². The van der Waals surface area contributed by atoms with Crippen LogP contribution in [0.3, 0.4) is 0 Å². The van der Waals surface area contributed by atoms with Gasteiger partial charge in [-0.05, 0) is 54.5 Å². The zero-order valence-electron chi connectivity index (χ0n) is 15.6. The molecule has 27 heavy (non-hydrogen) atoms. The molecule has 142 valence electrons. The minimum absolute atomic E-state index is 0.0684. The molecule has 5 heteroatoms. The number of carbonyl (C=O) groups is 1. The molecular weight excluding hydrogens is 340 g/mol. The maximum absolute atomic E-state index is 12.6. The zero-order valence-corrected chi connectivity index (χ0v) is 15.6. The lowest BCUT2D eigenvalue weighted by Crippen LogP contribution is -2.36. The predicted molar refractivity (Wildman–Crippen MR) is 105 cm³/mol. The number of benzene rings is 2. The topological polar surface area (TPSA) is 61.8 Å². The highest BCUT2D eigenvalue weighted by molar-refractivity contribution is 5.89. The molecule has 2 fully saturated rings. The van der Waals surface area contributed by atoms with Gasteiger partial charge in [-0.2, -0.15) is 0 Å². The van der Waals surface area contributed by atoms with Crippen molar-refractivity contribution in [1.29, 1.82) is 0 Å². The molecular formula is C22H26N2O3. The first-order chi connectivity index (χ1) is 13.0. The molecule has 5 nitrogen and oxygen atoms in total. The van der Waals surface area contributed by atoms with Crippen molar-refractivity contribution in [3.8, 4) is 5.75 Å². The third-order valence-corrected chi connectivity index (χ3v) is 5.87. The van der Waals surface area contributed by atoms with Crippen LogP contribution in [0.5, 0.6) is 5.75 Å². The van der Waals surface area contributed by atoms with E-state index >= 15 is 0 Å². The lowest BCUT2D eigenvalue weighted by Gasteiger charge is -2.26. The molecule has 0 radical (unpaired) electrons. The van der Waals surface area contributed by atoms with Gasteiger partial charge in [0.1, 0.15) is 5.75 Å². The van der Waals surface area contributed by atoms with Gasteiger partial charge in [0.15, 0.2) is 0 Å². The monoisotopic (exact) mass is 366 g/mol. The first-order valence-electron chi connectivity index (χ1n) is 9.51. The Kier molecular flexibility index (Phi) is 4.79. The highest BCUT2D eigenvalue weighted by Gasteiger charge is 2.49. The largest absolute Gasteiger partial charge is 0.497 e. The molecule has 0 spiro atoms. The van der Waals surface area contributed by atoms with Crippen molar-refractivity contribution < 1.29 is 14.6 Å². The molecule has 1 aliphatic heterocycles. The fourth-order valence-corrected chi connectivity index (χ4v) is 4.62. The van der Waals surface area contributed by atoms with Gasteiger partial charge >= 0.3 is 6.03 Å². The smallest absolute Gasteiger partial charge is 0.321 e. The number of anilines is 1. The van der Waals surface area contributed by atoms with Crippen LogP contribution >= 0.6 is 0 Å². The van der Waals surface area contributed by atoms with Gasteiger partial charge in [-0.3, -0.25) is 0 Å². The molecule has 2 aromatic rings. The molecule has 0 aromatic heterocycles. The summed E-state index contributed by atoms with van der Waals surface area (Å²) in [4.78, 5) is 14.5. The SMILES string of the molecule is COc1ccc(NC(=O)N2C[C@@H]3CC(O)(Cc4ccccc4)C[C@@H]3C2)cc1. The van der Waals surface area contributed by atoms with Crippen LogP contribution in [0.1, 0.15) is 18.4 Å². The van der Waals surface area contributed by atoms with E-state index < -0.39 is 5.60 Å². The van der Waals surface area contributed by atoms with E-state index in [1.165, 1.54) is 5.56 Å². The number of carbonyl (C=O) groups excluding carboxylic acids is 1. The summed E-state index contributed by atoms with van der Waals surface area (Å²) in [6, 6.07) is 17.4. The van der Waals surface area contributed by atoms with Gasteiger partial charge in [0.2, 0.25) is 0 Å². The second-order valence-electron chi connectivity index (χ2n) is 7.88. The number of urea groups is 1. The summed E-state index contributed by atoms with van der Waals surface area (Å²) in [6.07, 6.45) is 2.22. The van der Waals surface area contributed by atoms with Gasteiger partial charge in [-0.15, -0.1) is 0 Å². The van der Waals surface area contributed by atoms with Crippen LogP contribution in [0.2, 0.25) is 0 Å². The predicted octanol–water partition coefficient (Wildman–Crippen LogP) is 3.54. The van der Waals surface area contributed by atoms with E-state index in [-0.39, 0.29) is 6.03 Å². The standard InChI is InChI=1S/C22H26N2O3/c1-27-20-9-7-19(8-10-20)23-21(25)24-14-17-12-22(26,13-18(17)15-24)11-16-5-3-2-4-6-16/h2-10,17-18,26H,11-15H2,1H3,(H,23,25)/t17-,18+,22?. The number of amides is 2. The maximum atomic E-state index is 12.6. The molecule has 2 amide bonds. The molecule has 3 atom stereocenters. The average Bonchev–Trinajstić information content (AvgIpc) is 3.18. The molecule has 2 N–H and O–H groups in total. The van der Waals surface area contributed by atoms with Gasteiger partial charge in [-0.25, -0.2) is 4.79 Å². The number of hydrogen-bond donors (Lipinski definition) is 2. The normalized spacial score (nSPS) is 26.7. The summed E-state index contributed by atoms with van der Waals surface area (Å²) in [7, 11) is 1.62. The lowest BCUT2D eigenvalue weighted by molar-refractivity contribution is 0.0368. The van der Waals surface area contributed by atoms with Crippen molar-refractivity contribution >= 4 is 11.7 Å². The quantitative estimate of drug-likeness (QED) is 0.870. The highest BCUT2D eigenvalue weighted by Crippen LogP contribution is 2.45. The second kappa shape index (κ2) is 7.24. The number of methoxy groups -OCH3 is 1. The molecule has 1 saturated carbocycles. The molecule has 1 unspecified atom stereocenters. The van der Waals surface area contributed by atoms with Crippen LogP contribution in [0.25, 0.3) is 0 Å². The van der Waals surface area contributed by atoms with Crippen LogP contribution in [0, 0.1) is 11.8 Å². The Bertz CT molecular complexity index is 777. The van der Waals surface area contributed by atoms with Crippen molar-refractivity contribution in [1.82, 2.24) is 4.90 Å². The van der Waals surface area contributed by atoms with Crippen LogP contribution in [-0.2, 0) is 6.42 Å². The van der Waals surface area contributed by atoms with E-state index in [1.807, 2.05) is 47.4 Å². The summed E-state index contributed by atoms with van der Waals surface area (Å²) in [5, 5.41) is 14.0. The van der Waals surface area contributed by atoms with Crippen molar-refractivity contribution in [3.63, 3.8) is 0 Å². The number of nitrogens with one attached hydrogen (secondary N) is 1. The summed E-state index contributed by atoms with van der Waals surface area (Å²) < 4.78 is 5.14. The Balaban J connectivity index is 1.33. The Morgan fingerprint density at radius 2 is 1.74 bits per heavy atom. The number of nitrogens with zero attached hydrogens (tertiary/aromatic N) is 1. The van der Waals surface area contributed by atoms with Crippen molar-refractivity contribution in [2.75, 3.05) is 25.5 Å². The number of aliphatic hydroxyl groups is 1. The van der Waals surface area contributed by atoms with Crippen molar-refractivity contribution in [2.45, 2.75) is 24.9 Å². The summed E-state index contributed by atoms with van der Waals surface area (Å²) in [6.45, 7) is 1.42. The molecule has 1 heterocycles. The second-order valence-corrected chi connectivity index (χ2v) is 7.88. The number of hydrogen-bond acceptors (Lipinski definition) is 3. The summed E-state index contributed by atoms with van der Waals surface area (Å²) >= 11 is 0. The van der Waals surface area contributed by atoms with Crippen molar-refractivity contribution in [2.24, 2.45) is 11.8 Å².